The van der Waals surface area contributed by atoms with Crippen molar-refractivity contribution in [1.82, 2.24) is 0 Å². The van der Waals surface area contributed by atoms with E-state index in [0.717, 1.165) is 12.8 Å². The average molecular weight is 205 g/mol. The topological polar surface area (TPSA) is 9.23 Å². The van der Waals surface area contributed by atoms with Crippen LogP contribution in [0.4, 0.5) is 0 Å². The van der Waals surface area contributed by atoms with Gasteiger partial charge in [0.2, 0.25) is 0 Å². The van der Waals surface area contributed by atoms with Crippen molar-refractivity contribution in [3.05, 3.63) is 11.6 Å². The number of hydrogen-bond acceptors (Lipinski definition) is 1. The first-order valence-electron chi connectivity index (χ1n) is 4.78. The number of halogens is 1. The first-order chi connectivity index (χ1) is 6.02. The largest absolute Gasteiger partial charge is 0.379 e. The zero-order valence-corrected chi connectivity index (χ0v) is 9.95. The summed E-state index contributed by atoms with van der Waals surface area (Å²) in [5, 5.41) is 0. The molecule has 0 unspecified atom stereocenters. The van der Waals surface area contributed by atoms with E-state index in [1.54, 1.807) is 7.11 Å². The van der Waals surface area contributed by atoms with Crippen LogP contribution in [0.25, 0.3) is 0 Å². The lowest BCUT2D eigenvalue weighted by Crippen LogP contribution is -2.21. The lowest BCUT2D eigenvalue weighted by Gasteiger charge is -2.22. The van der Waals surface area contributed by atoms with Crippen LogP contribution in [-0.2, 0) is 4.74 Å². The Hall–Kier alpha value is -0.0100. The monoisotopic (exact) mass is 204 g/mol. The van der Waals surface area contributed by atoms with Gasteiger partial charge in [0, 0.05) is 13.0 Å². The quantitative estimate of drug-likeness (QED) is 0.473. The molecule has 0 rings (SSSR count). The standard InChI is InChI=1S/C11H21ClO/c1-10(7-9-12)6-5-8-11(2,3)13-4/h7H,5-6,8-9H2,1-4H3/b10-7+. The van der Waals surface area contributed by atoms with Gasteiger partial charge in [0.25, 0.3) is 0 Å². The van der Waals surface area contributed by atoms with Gasteiger partial charge in [0.15, 0.2) is 0 Å². The molecule has 0 N–H and O–H groups in total. The summed E-state index contributed by atoms with van der Waals surface area (Å²) >= 11 is 5.59. The predicted molar refractivity (Wildman–Crippen MR) is 59.4 cm³/mol. The van der Waals surface area contributed by atoms with Crippen molar-refractivity contribution in [2.45, 2.75) is 45.6 Å². The van der Waals surface area contributed by atoms with Gasteiger partial charge in [0.1, 0.15) is 0 Å². The second-order valence-corrected chi connectivity index (χ2v) is 4.33. The van der Waals surface area contributed by atoms with E-state index in [1.165, 1.54) is 12.0 Å². The summed E-state index contributed by atoms with van der Waals surface area (Å²) < 4.78 is 5.33. The van der Waals surface area contributed by atoms with E-state index >= 15 is 0 Å². The summed E-state index contributed by atoms with van der Waals surface area (Å²) in [6.07, 6.45) is 5.46. The molecule has 0 bridgehead atoms. The molecule has 0 aromatic carbocycles. The van der Waals surface area contributed by atoms with Gasteiger partial charge >= 0.3 is 0 Å². The molecule has 0 aliphatic carbocycles. The van der Waals surface area contributed by atoms with Crippen LogP contribution in [0, 0.1) is 0 Å². The second kappa shape index (κ2) is 6.44. The summed E-state index contributed by atoms with van der Waals surface area (Å²) in [5.41, 5.74) is 1.39. The molecule has 0 radical (unpaired) electrons. The zero-order valence-electron chi connectivity index (χ0n) is 9.19. The van der Waals surface area contributed by atoms with Gasteiger partial charge in [-0.05, 0) is 40.0 Å². The van der Waals surface area contributed by atoms with Crippen LogP contribution in [0.3, 0.4) is 0 Å². The minimum absolute atomic E-state index is 0.0151. The van der Waals surface area contributed by atoms with E-state index < -0.39 is 0 Å². The summed E-state index contributed by atoms with van der Waals surface area (Å²) in [7, 11) is 1.77. The Bertz CT molecular complexity index is 161. The van der Waals surface area contributed by atoms with Crippen molar-refractivity contribution in [3.63, 3.8) is 0 Å². The molecule has 0 saturated heterocycles. The highest BCUT2D eigenvalue weighted by atomic mass is 35.5. The molecular formula is C11H21ClO. The van der Waals surface area contributed by atoms with Crippen LogP contribution < -0.4 is 0 Å². The lowest BCUT2D eigenvalue weighted by atomic mass is 9.99. The third kappa shape index (κ3) is 7.09. The Morgan fingerprint density at radius 1 is 1.46 bits per heavy atom. The fourth-order valence-corrected chi connectivity index (χ4v) is 1.39. The number of allylic oxidation sites excluding steroid dienone is 2. The molecule has 0 fully saturated rings. The molecule has 2 heteroatoms. The van der Waals surface area contributed by atoms with Crippen molar-refractivity contribution < 1.29 is 4.74 Å². The molecule has 0 heterocycles. The highest BCUT2D eigenvalue weighted by molar-refractivity contribution is 6.18. The minimum Gasteiger partial charge on any atom is -0.379 e. The average Bonchev–Trinajstić information content (AvgIpc) is 2.05. The third-order valence-electron chi connectivity index (χ3n) is 2.33. The summed E-state index contributed by atoms with van der Waals surface area (Å²) in [5.74, 6) is 0.625. The third-order valence-corrected chi connectivity index (χ3v) is 2.48. The molecule has 0 aliphatic heterocycles. The summed E-state index contributed by atoms with van der Waals surface area (Å²) in [6.45, 7) is 6.36. The molecule has 0 spiro atoms. The Labute approximate surface area is 87.1 Å². The molecule has 0 atom stereocenters. The number of ether oxygens (including phenoxy) is 1. The van der Waals surface area contributed by atoms with Crippen molar-refractivity contribution in [1.29, 1.82) is 0 Å². The van der Waals surface area contributed by atoms with Gasteiger partial charge in [-0.3, -0.25) is 0 Å². The maximum atomic E-state index is 5.59. The van der Waals surface area contributed by atoms with Crippen LogP contribution in [0.2, 0.25) is 0 Å². The minimum atomic E-state index is 0.0151. The SMILES string of the molecule is COC(C)(C)CCC/C(C)=C/CCl. The number of methoxy groups -OCH3 is 1. The van der Waals surface area contributed by atoms with Crippen molar-refractivity contribution in [2.24, 2.45) is 0 Å². The van der Waals surface area contributed by atoms with Gasteiger partial charge in [0.05, 0.1) is 5.60 Å². The van der Waals surface area contributed by atoms with Crippen LogP contribution >= 0.6 is 11.6 Å². The lowest BCUT2D eigenvalue weighted by molar-refractivity contribution is 0.0140. The van der Waals surface area contributed by atoms with E-state index in [1.807, 2.05) is 0 Å². The summed E-state index contributed by atoms with van der Waals surface area (Å²) in [6, 6.07) is 0. The van der Waals surface area contributed by atoms with Crippen molar-refractivity contribution >= 4 is 11.6 Å². The molecule has 1 nitrogen and oxygen atoms in total. The molecule has 0 saturated carbocycles. The van der Waals surface area contributed by atoms with Gasteiger partial charge in [-0.25, -0.2) is 0 Å². The van der Waals surface area contributed by atoms with E-state index in [0.29, 0.717) is 5.88 Å². The second-order valence-electron chi connectivity index (χ2n) is 4.02. The van der Waals surface area contributed by atoms with Crippen molar-refractivity contribution in [3.8, 4) is 0 Å². The Morgan fingerprint density at radius 2 is 2.08 bits per heavy atom. The predicted octanol–water partition coefficient (Wildman–Crippen LogP) is 3.77. The fraction of sp³-hybridized carbons (Fsp3) is 0.818. The maximum Gasteiger partial charge on any atom is 0.0622 e. The Balaban J connectivity index is 3.62. The molecule has 78 valence electrons. The summed E-state index contributed by atoms with van der Waals surface area (Å²) in [4.78, 5) is 0. The highest BCUT2D eigenvalue weighted by Gasteiger charge is 2.14. The number of rotatable bonds is 6. The van der Waals surface area contributed by atoms with Crippen LogP contribution in [-0.4, -0.2) is 18.6 Å². The molecule has 0 amide bonds. The van der Waals surface area contributed by atoms with E-state index in [2.05, 4.69) is 26.8 Å². The van der Waals surface area contributed by atoms with Crippen LogP contribution in [0.5, 0.6) is 0 Å². The van der Waals surface area contributed by atoms with E-state index in [4.69, 9.17) is 16.3 Å². The zero-order chi connectivity index (χ0) is 10.3. The Kier molecular flexibility index (Phi) is 6.44. The number of hydrogen-bond donors (Lipinski definition) is 0. The first kappa shape index (κ1) is 13.0. The molecule has 13 heavy (non-hydrogen) atoms. The normalized spacial score (nSPS) is 13.5. The van der Waals surface area contributed by atoms with E-state index in [-0.39, 0.29) is 5.60 Å². The van der Waals surface area contributed by atoms with Gasteiger partial charge < -0.3 is 4.74 Å². The van der Waals surface area contributed by atoms with Crippen molar-refractivity contribution in [2.75, 3.05) is 13.0 Å². The number of alkyl halides is 1. The molecule has 0 aliphatic rings. The smallest absolute Gasteiger partial charge is 0.0622 e. The van der Waals surface area contributed by atoms with Gasteiger partial charge in [-0.15, -0.1) is 11.6 Å². The molecule has 0 aromatic rings. The van der Waals surface area contributed by atoms with Crippen LogP contribution in [0.1, 0.15) is 40.0 Å². The highest BCUT2D eigenvalue weighted by Crippen LogP contribution is 2.18. The Morgan fingerprint density at radius 3 is 2.54 bits per heavy atom. The molecular weight excluding hydrogens is 184 g/mol. The fourth-order valence-electron chi connectivity index (χ4n) is 1.13. The van der Waals surface area contributed by atoms with E-state index in [9.17, 15) is 0 Å². The maximum absolute atomic E-state index is 5.59. The van der Waals surface area contributed by atoms with Gasteiger partial charge in [-0.1, -0.05) is 11.6 Å². The molecule has 0 aromatic heterocycles. The first-order valence-corrected chi connectivity index (χ1v) is 5.32. The van der Waals surface area contributed by atoms with Crippen LogP contribution in [0.15, 0.2) is 11.6 Å². The van der Waals surface area contributed by atoms with Gasteiger partial charge in [-0.2, -0.15) is 0 Å².